The Kier molecular flexibility index (Phi) is 3.99. The van der Waals surface area contributed by atoms with Crippen molar-refractivity contribution < 1.29 is 14.1 Å². The van der Waals surface area contributed by atoms with Crippen LogP contribution in [0.2, 0.25) is 0 Å². The lowest BCUT2D eigenvalue weighted by Gasteiger charge is -2.37. The van der Waals surface area contributed by atoms with Gasteiger partial charge in [-0.1, -0.05) is 0 Å². The Hall–Kier alpha value is -2.02. The molecule has 1 heterocycles. The topological polar surface area (TPSA) is 75.5 Å². The quantitative estimate of drug-likeness (QED) is 0.670. The van der Waals surface area contributed by atoms with Crippen molar-refractivity contribution in [1.82, 2.24) is 10.2 Å². The molecule has 0 unspecified atom stereocenters. The van der Waals surface area contributed by atoms with E-state index < -0.39 is 16.6 Å². The molecule has 1 saturated heterocycles. The summed E-state index contributed by atoms with van der Waals surface area (Å²) in [7, 11) is 0. The molecule has 2 rings (SSSR count). The van der Waals surface area contributed by atoms with E-state index >= 15 is 0 Å². The number of rotatable bonds is 4. The van der Waals surface area contributed by atoms with E-state index in [-0.39, 0.29) is 22.9 Å². The predicted octanol–water partition coefficient (Wildman–Crippen LogP) is 1.48. The number of benzene rings is 1. The minimum atomic E-state index is -0.689. The number of hydrogen-bond acceptors (Lipinski definition) is 4. The molecule has 1 aromatic rings. The average molecular weight is 281 g/mol. The number of amides is 1. The second-order valence-corrected chi connectivity index (χ2v) is 4.78. The second kappa shape index (κ2) is 5.54. The molecule has 1 amide bonds. The zero-order valence-corrected chi connectivity index (χ0v) is 11.4. The van der Waals surface area contributed by atoms with E-state index in [4.69, 9.17) is 0 Å². The van der Waals surface area contributed by atoms with E-state index in [1.165, 1.54) is 11.8 Å². The molecule has 0 radical (unpaired) electrons. The van der Waals surface area contributed by atoms with E-state index in [1.54, 1.807) is 6.92 Å². The third kappa shape index (κ3) is 2.49. The highest BCUT2D eigenvalue weighted by atomic mass is 19.1. The number of nitro benzene ring substituents is 1. The molecule has 0 aliphatic carbocycles. The van der Waals surface area contributed by atoms with Gasteiger partial charge in [0.05, 0.1) is 16.5 Å². The van der Waals surface area contributed by atoms with Crippen LogP contribution in [-0.2, 0) is 0 Å². The van der Waals surface area contributed by atoms with E-state index in [9.17, 15) is 19.3 Å². The zero-order chi connectivity index (χ0) is 14.9. The summed E-state index contributed by atoms with van der Waals surface area (Å²) in [6.45, 7) is 4.98. The fourth-order valence-corrected chi connectivity index (χ4v) is 2.23. The van der Waals surface area contributed by atoms with Gasteiger partial charge in [0.2, 0.25) is 0 Å². The number of carbonyl (C=O) groups is 1. The van der Waals surface area contributed by atoms with Crippen LogP contribution in [0, 0.1) is 22.9 Å². The summed E-state index contributed by atoms with van der Waals surface area (Å²) >= 11 is 0. The number of carbonyl (C=O) groups excluding carboxylic acids is 1. The smallest absolute Gasteiger partial charge is 0.270 e. The highest BCUT2D eigenvalue weighted by molar-refractivity contribution is 5.95. The standard InChI is InChI=1S/C13H16FN3O3/c1-3-16(10-6-15-7-10)13(18)11-5-9(17(19)20)4-8(2)12(11)14/h4-5,10,15H,3,6-7H2,1-2H3. The van der Waals surface area contributed by atoms with Crippen LogP contribution >= 0.6 is 0 Å². The molecule has 0 atom stereocenters. The fraction of sp³-hybridized carbons (Fsp3) is 0.462. The van der Waals surface area contributed by atoms with E-state index in [0.29, 0.717) is 19.6 Å². The Bertz CT molecular complexity index is 558. The number of halogens is 1. The first-order valence-electron chi connectivity index (χ1n) is 6.42. The maximum Gasteiger partial charge on any atom is 0.270 e. The Morgan fingerprint density at radius 1 is 1.55 bits per heavy atom. The second-order valence-electron chi connectivity index (χ2n) is 4.78. The lowest BCUT2D eigenvalue weighted by Crippen LogP contribution is -2.58. The number of hydrogen-bond donors (Lipinski definition) is 1. The predicted molar refractivity (Wildman–Crippen MR) is 71.2 cm³/mol. The van der Waals surface area contributed by atoms with Gasteiger partial charge in [0.15, 0.2) is 0 Å². The van der Waals surface area contributed by atoms with Crippen molar-refractivity contribution in [1.29, 1.82) is 0 Å². The van der Waals surface area contributed by atoms with Crippen molar-refractivity contribution in [2.45, 2.75) is 19.9 Å². The lowest BCUT2D eigenvalue weighted by molar-refractivity contribution is -0.385. The summed E-state index contributed by atoms with van der Waals surface area (Å²) in [5, 5.41) is 13.9. The molecule has 7 heteroatoms. The van der Waals surface area contributed by atoms with Gasteiger partial charge >= 0.3 is 0 Å². The third-order valence-corrected chi connectivity index (χ3v) is 3.48. The van der Waals surface area contributed by atoms with E-state index in [0.717, 1.165) is 12.1 Å². The Morgan fingerprint density at radius 2 is 2.20 bits per heavy atom. The molecule has 108 valence electrons. The SMILES string of the molecule is CCN(C(=O)c1cc([N+](=O)[O-])cc(C)c1F)C1CNC1. The fourth-order valence-electron chi connectivity index (χ4n) is 2.23. The maximum absolute atomic E-state index is 14.1. The summed E-state index contributed by atoms with van der Waals surface area (Å²) in [6, 6.07) is 2.17. The van der Waals surface area contributed by atoms with Crippen LogP contribution in [-0.4, -0.2) is 41.4 Å². The van der Waals surface area contributed by atoms with Crippen LogP contribution in [0.1, 0.15) is 22.8 Å². The van der Waals surface area contributed by atoms with Gasteiger partial charge in [-0.05, 0) is 19.4 Å². The van der Waals surface area contributed by atoms with Crippen molar-refractivity contribution in [3.8, 4) is 0 Å². The van der Waals surface area contributed by atoms with Gasteiger partial charge in [-0.15, -0.1) is 0 Å². The van der Waals surface area contributed by atoms with Crippen LogP contribution in [0.5, 0.6) is 0 Å². The molecule has 1 fully saturated rings. The van der Waals surface area contributed by atoms with Gasteiger partial charge in [0, 0.05) is 31.8 Å². The first-order valence-corrected chi connectivity index (χ1v) is 6.42. The maximum atomic E-state index is 14.1. The van der Waals surface area contributed by atoms with Gasteiger partial charge in [0.25, 0.3) is 11.6 Å². The number of nitro groups is 1. The first kappa shape index (κ1) is 14.4. The van der Waals surface area contributed by atoms with Gasteiger partial charge in [-0.2, -0.15) is 0 Å². The molecule has 1 aliphatic heterocycles. The number of nitrogens with zero attached hydrogens (tertiary/aromatic N) is 2. The first-order chi connectivity index (χ1) is 9.45. The molecule has 0 bridgehead atoms. The average Bonchev–Trinajstić information content (AvgIpc) is 2.35. The molecule has 1 aromatic carbocycles. The van der Waals surface area contributed by atoms with Crippen LogP contribution in [0.15, 0.2) is 12.1 Å². The van der Waals surface area contributed by atoms with Crippen molar-refractivity contribution >= 4 is 11.6 Å². The number of non-ortho nitro benzene ring substituents is 1. The lowest BCUT2D eigenvalue weighted by atomic mass is 10.0. The van der Waals surface area contributed by atoms with Gasteiger partial charge in [-0.3, -0.25) is 14.9 Å². The summed E-state index contributed by atoms with van der Waals surface area (Å²) < 4.78 is 14.1. The monoisotopic (exact) mass is 281 g/mol. The summed E-state index contributed by atoms with van der Waals surface area (Å²) in [6.07, 6.45) is 0. The molecular formula is C13H16FN3O3. The van der Waals surface area contributed by atoms with Gasteiger partial charge < -0.3 is 10.2 Å². The minimum Gasteiger partial charge on any atom is -0.333 e. The summed E-state index contributed by atoms with van der Waals surface area (Å²) in [4.78, 5) is 24.1. The van der Waals surface area contributed by atoms with Crippen LogP contribution in [0.3, 0.4) is 0 Å². The highest BCUT2D eigenvalue weighted by Crippen LogP contribution is 2.23. The number of aryl methyl sites for hydroxylation is 1. The van der Waals surface area contributed by atoms with Crippen molar-refractivity contribution in [3.05, 3.63) is 39.2 Å². The van der Waals surface area contributed by atoms with Crippen molar-refractivity contribution in [3.63, 3.8) is 0 Å². The van der Waals surface area contributed by atoms with E-state index in [2.05, 4.69) is 5.32 Å². The number of nitrogens with one attached hydrogen (secondary N) is 1. The largest absolute Gasteiger partial charge is 0.333 e. The third-order valence-electron chi connectivity index (χ3n) is 3.48. The summed E-state index contributed by atoms with van der Waals surface area (Å²) in [5.41, 5.74) is -0.397. The van der Waals surface area contributed by atoms with Crippen LogP contribution in [0.4, 0.5) is 10.1 Å². The van der Waals surface area contributed by atoms with E-state index in [1.807, 2.05) is 0 Å². The molecule has 0 saturated carbocycles. The summed E-state index contributed by atoms with van der Waals surface area (Å²) in [5.74, 6) is -1.19. The molecule has 6 nitrogen and oxygen atoms in total. The van der Waals surface area contributed by atoms with Gasteiger partial charge in [0.1, 0.15) is 5.82 Å². The van der Waals surface area contributed by atoms with Crippen LogP contribution < -0.4 is 5.32 Å². The number of likely N-dealkylation sites (N-methyl/N-ethyl adjacent to an activating group) is 1. The molecule has 20 heavy (non-hydrogen) atoms. The molecule has 0 aromatic heterocycles. The highest BCUT2D eigenvalue weighted by Gasteiger charge is 2.30. The minimum absolute atomic E-state index is 0.0199. The normalized spacial score (nSPS) is 14.8. The van der Waals surface area contributed by atoms with Crippen molar-refractivity contribution in [2.24, 2.45) is 0 Å². The van der Waals surface area contributed by atoms with Gasteiger partial charge in [-0.25, -0.2) is 4.39 Å². The Balaban J connectivity index is 2.39. The molecular weight excluding hydrogens is 265 g/mol. The zero-order valence-electron chi connectivity index (χ0n) is 11.4. The molecule has 1 aliphatic rings. The van der Waals surface area contributed by atoms with Crippen LogP contribution in [0.25, 0.3) is 0 Å². The molecule has 1 N–H and O–H groups in total. The Morgan fingerprint density at radius 3 is 2.65 bits per heavy atom. The molecule has 0 spiro atoms. The Labute approximate surface area is 115 Å². The van der Waals surface area contributed by atoms with Crippen molar-refractivity contribution in [2.75, 3.05) is 19.6 Å².